The fourth-order valence-corrected chi connectivity index (χ4v) is 1.09. The van der Waals surface area contributed by atoms with Crippen LogP contribution >= 0.6 is 12.2 Å². The zero-order chi connectivity index (χ0) is 11.1. The predicted molar refractivity (Wildman–Crippen MR) is 62.2 cm³/mol. The normalized spacial score (nSPS) is 9.67. The number of thiocarbonyl (C=S) groups is 1. The van der Waals surface area contributed by atoms with Crippen molar-refractivity contribution in [1.82, 2.24) is 0 Å². The zero-order valence-corrected chi connectivity index (χ0v) is 8.95. The van der Waals surface area contributed by atoms with Gasteiger partial charge in [0.25, 0.3) is 0 Å². The molecular formula is C11H9NO2S. The Bertz CT molecular complexity index is 434. The van der Waals surface area contributed by atoms with Crippen molar-refractivity contribution in [1.29, 1.82) is 0 Å². The first kappa shape index (κ1) is 11.3. The van der Waals surface area contributed by atoms with E-state index in [1.165, 1.54) is 13.2 Å². The number of aliphatic imine (C=N–C) groups is 1. The lowest BCUT2D eigenvalue weighted by Gasteiger charge is -1.94. The number of rotatable bonds is 3. The molecule has 0 radical (unpaired) electrons. The highest BCUT2D eigenvalue weighted by Gasteiger charge is 1.93. The Balaban J connectivity index is 2.86. The van der Waals surface area contributed by atoms with Crippen LogP contribution in [0.1, 0.15) is 5.56 Å². The quantitative estimate of drug-likeness (QED) is 0.339. The highest BCUT2D eigenvalue weighted by molar-refractivity contribution is 7.78. The third-order valence-corrected chi connectivity index (χ3v) is 1.75. The second-order valence-electron chi connectivity index (χ2n) is 2.65. The van der Waals surface area contributed by atoms with Crippen molar-refractivity contribution >= 4 is 35.1 Å². The number of hydrogen-bond donors (Lipinski definition) is 0. The lowest BCUT2D eigenvalue weighted by Crippen LogP contribution is -1.93. The molecule has 0 N–H and O–H groups in total. The number of methoxy groups -OCH3 is 1. The topological polar surface area (TPSA) is 38.7 Å². The molecule has 0 unspecified atom stereocenters. The van der Waals surface area contributed by atoms with Gasteiger partial charge in [-0.15, -0.1) is 0 Å². The first-order valence-corrected chi connectivity index (χ1v) is 4.61. The molecule has 76 valence electrons. The minimum atomic E-state index is -0.390. The molecule has 1 aromatic rings. The number of benzene rings is 1. The van der Waals surface area contributed by atoms with Gasteiger partial charge in [0.15, 0.2) is 0 Å². The van der Waals surface area contributed by atoms with Crippen molar-refractivity contribution in [3.05, 3.63) is 35.9 Å². The second-order valence-corrected chi connectivity index (χ2v) is 2.84. The number of hydrogen-bond acceptors (Lipinski definition) is 4. The van der Waals surface area contributed by atoms with E-state index < -0.39 is 5.97 Å². The van der Waals surface area contributed by atoms with E-state index in [4.69, 9.17) is 0 Å². The Morgan fingerprint density at radius 3 is 3.07 bits per heavy atom. The van der Waals surface area contributed by atoms with Crippen molar-refractivity contribution in [2.24, 2.45) is 4.99 Å². The number of ether oxygens (including phenoxy) is 1. The van der Waals surface area contributed by atoms with Crippen LogP contribution in [0.3, 0.4) is 0 Å². The molecule has 1 rings (SSSR count). The highest BCUT2D eigenvalue weighted by Crippen LogP contribution is 2.14. The molecule has 15 heavy (non-hydrogen) atoms. The van der Waals surface area contributed by atoms with Crippen LogP contribution in [0.25, 0.3) is 6.08 Å². The van der Waals surface area contributed by atoms with Crippen molar-refractivity contribution in [2.45, 2.75) is 0 Å². The summed E-state index contributed by atoms with van der Waals surface area (Å²) in [6.45, 7) is 0. The molecule has 0 atom stereocenters. The molecule has 0 aliphatic heterocycles. The van der Waals surface area contributed by atoms with E-state index in [9.17, 15) is 4.79 Å². The summed E-state index contributed by atoms with van der Waals surface area (Å²) in [4.78, 5) is 14.7. The number of isothiocyanates is 1. The molecule has 0 saturated carbocycles. The molecule has 0 spiro atoms. The van der Waals surface area contributed by atoms with E-state index in [0.717, 1.165) is 5.56 Å². The summed E-state index contributed by atoms with van der Waals surface area (Å²) in [7, 11) is 1.33. The van der Waals surface area contributed by atoms with Crippen molar-refractivity contribution in [3.63, 3.8) is 0 Å². The molecule has 4 heteroatoms. The summed E-state index contributed by atoms with van der Waals surface area (Å²) >= 11 is 4.49. The Morgan fingerprint density at radius 1 is 1.60 bits per heavy atom. The van der Waals surface area contributed by atoms with Gasteiger partial charge < -0.3 is 4.74 Å². The van der Waals surface area contributed by atoms with E-state index in [1.807, 2.05) is 12.1 Å². The predicted octanol–water partition coefficient (Wildman–Crippen LogP) is 2.61. The largest absolute Gasteiger partial charge is 0.466 e. The van der Waals surface area contributed by atoms with Crippen LogP contribution in [0.5, 0.6) is 0 Å². The molecule has 0 heterocycles. The monoisotopic (exact) mass is 219 g/mol. The average molecular weight is 219 g/mol. The van der Waals surface area contributed by atoms with E-state index in [-0.39, 0.29) is 0 Å². The van der Waals surface area contributed by atoms with Crippen molar-refractivity contribution in [2.75, 3.05) is 7.11 Å². The molecule has 0 amide bonds. The molecule has 1 aromatic carbocycles. The maximum Gasteiger partial charge on any atom is 0.330 e. The highest BCUT2D eigenvalue weighted by atomic mass is 32.1. The Hall–Kier alpha value is -1.77. The van der Waals surface area contributed by atoms with Gasteiger partial charge in [-0.05, 0) is 36.0 Å². The van der Waals surface area contributed by atoms with Gasteiger partial charge in [-0.1, -0.05) is 12.1 Å². The third kappa shape index (κ3) is 3.85. The Labute approximate surface area is 93.1 Å². The lowest BCUT2D eigenvalue weighted by molar-refractivity contribution is -0.134. The molecule has 0 bridgehead atoms. The fraction of sp³-hybridized carbons (Fsp3) is 0.0909. The van der Waals surface area contributed by atoms with Crippen LogP contribution in [-0.4, -0.2) is 18.2 Å². The molecular weight excluding hydrogens is 210 g/mol. The fourth-order valence-electron chi connectivity index (χ4n) is 0.983. The SMILES string of the molecule is COC(=O)C=Cc1cccc(N=C=S)c1. The van der Waals surface area contributed by atoms with Crippen LogP contribution in [0, 0.1) is 0 Å². The number of esters is 1. The van der Waals surface area contributed by atoms with Crippen LogP contribution in [0.4, 0.5) is 5.69 Å². The van der Waals surface area contributed by atoms with Gasteiger partial charge in [-0.3, -0.25) is 0 Å². The minimum absolute atomic E-state index is 0.390. The minimum Gasteiger partial charge on any atom is -0.466 e. The van der Waals surface area contributed by atoms with Crippen LogP contribution in [0.2, 0.25) is 0 Å². The zero-order valence-electron chi connectivity index (χ0n) is 8.14. The summed E-state index contributed by atoms with van der Waals surface area (Å²) < 4.78 is 4.47. The standard InChI is InChI=1S/C11H9NO2S/c1-14-11(13)6-5-9-3-2-4-10(7-9)12-8-15/h2-7H,1H3. The number of nitrogens with zero attached hydrogens (tertiary/aromatic N) is 1. The summed E-state index contributed by atoms with van der Waals surface area (Å²) in [6, 6.07) is 7.26. The summed E-state index contributed by atoms with van der Waals surface area (Å²) in [5.74, 6) is -0.390. The first-order valence-electron chi connectivity index (χ1n) is 4.20. The maximum atomic E-state index is 10.8. The number of carbonyl (C=O) groups excluding carboxylic acids is 1. The van der Waals surface area contributed by atoms with E-state index in [1.54, 1.807) is 18.2 Å². The first-order chi connectivity index (χ1) is 7.26. The molecule has 0 aliphatic carbocycles. The van der Waals surface area contributed by atoms with Gasteiger partial charge in [0.1, 0.15) is 0 Å². The van der Waals surface area contributed by atoms with Gasteiger partial charge in [0, 0.05) is 6.08 Å². The van der Waals surface area contributed by atoms with Crippen molar-refractivity contribution < 1.29 is 9.53 Å². The van der Waals surface area contributed by atoms with Crippen LogP contribution < -0.4 is 0 Å². The van der Waals surface area contributed by atoms with Crippen molar-refractivity contribution in [3.8, 4) is 0 Å². The molecule has 0 saturated heterocycles. The summed E-state index contributed by atoms with van der Waals surface area (Å²) in [5.41, 5.74) is 1.56. The lowest BCUT2D eigenvalue weighted by atomic mass is 10.2. The van der Waals surface area contributed by atoms with Gasteiger partial charge >= 0.3 is 5.97 Å². The third-order valence-electron chi connectivity index (χ3n) is 1.66. The molecule has 0 fully saturated rings. The molecule has 0 aromatic heterocycles. The van der Waals surface area contributed by atoms with E-state index in [0.29, 0.717) is 5.69 Å². The van der Waals surface area contributed by atoms with Crippen LogP contribution in [0.15, 0.2) is 35.3 Å². The van der Waals surface area contributed by atoms with Gasteiger partial charge in [0.05, 0.1) is 18.0 Å². The molecule has 3 nitrogen and oxygen atoms in total. The van der Waals surface area contributed by atoms with Gasteiger partial charge in [0.2, 0.25) is 0 Å². The number of carbonyl (C=O) groups is 1. The maximum absolute atomic E-state index is 10.8. The molecule has 0 aliphatic rings. The van der Waals surface area contributed by atoms with E-state index in [2.05, 4.69) is 27.1 Å². The van der Waals surface area contributed by atoms with Crippen LogP contribution in [-0.2, 0) is 9.53 Å². The van der Waals surface area contributed by atoms with E-state index >= 15 is 0 Å². The summed E-state index contributed by atoms with van der Waals surface area (Å²) in [5, 5.41) is 2.28. The van der Waals surface area contributed by atoms with Gasteiger partial charge in [-0.25, -0.2) is 4.79 Å². The Kier molecular flexibility index (Phi) is 4.41. The van der Waals surface area contributed by atoms with Gasteiger partial charge in [-0.2, -0.15) is 4.99 Å². The smallest absolute Gasteiger partial charge is 0.330 e. The Morgan fingerprint density at radius 2 is 2.40 bits per heavy atom. The summed E-state index contributed by atoms with van der Waals surface area (Å²) in [6.07, 6.45) is 2.99. The second kappa shape index (κ2) is 5.86. The average Bonchev–Trinajstić information content (AvgIpc) is 2.27.